The van der Waals surface area contributed by atoms with Crippen molar-refractivity contribution in [3.05, 3.63) is 34.9 Å². The number of rotatable bonds is 3. The Bertz CT molecular complexity index is 421. The Hall–Kier alpha value is -1.28. The molecule has 2 N–H and O–H groups in total. The van der Waals surface area contributed by atoms with Gasteiger partial charge in [-0.3, -0.25) is 0 Å². The highest BCUT2D eigenvalue weighted by atomic mass is 16.5. The molecule has 0 fully saturated rings. The third kappa shape index (κ3) is 1.85. The molecule has 0 saturated carbocycles. The topological polar surface area (TPSA) is 35.2 Å². The second-order valence-electron chi connectivity index (χ2n) is 4.28. The normalized spacial score (nSPS) is 14.9. The molecule has 1 aliphatic rings. The van der Waals surface area contributed by atoms with E-state index in [4.69, 9.17) is 10.5 Å². The number of nitrogens with two attached hydrogens (primary N) is 1. The molecule has 0 amide bonds. The molecule has 2 rings (SSSR count). The lowest BCUT2D eigenvalue weighted by Gasteiger charge is -2.23. The van der Waals surface area contributed by atoms with Gasteiger partial charge in [0.1, 0.15) is 5.75 Å². The molecule has 0 saturated heterocycles. The van der Waals surface area contributed by atoms with Crippen LogP contribution in [0.2, 0.25) is 0 Å². The van der Waals surface area contributed by atoms with Gasteiger partial charge < -0.3 is 10.5 Å². The fourth-order valence-corrected chi connectivity index (χ4v) is 2.48. The number of hydrogen-bond acceptors (Lipinski definition) is 2. The maximum Gasteiger partial charge on any atom is 0.122 e. The van der Waals surface area contributed by atoms with Gasteiger partial charge in [-0.15, -0.1) is 0 Å². The first-order chi connectivity index (χ1) is 7.77. The zero-order valence-corrected chi connectivity index (χ0v) is 10.0. The maximum atomic E-state index is 5.68. The molecule has 16 heavy (non-hydrogen) atoms. The van der Waals surface area contributed by atoms with E-state index < -0.39 is 0 Å². The molecule has 86 valence electrons. The van der Waals surface area contributed by atoms with Crippen molar-refractivity contribution >= 4 is 5.57 Å². The summed E-state index contributed by atoms with van der Waals surface area (Å²) >= 11 is 0. The van der Waals surface area contributed by atoms with Gasteiger partial charge in [-0.25, -0.2) is 0 Å². The van der Waals surface area contributed by atoms with Crippen LogP contribution in [0.3, 0.4) is 0 Å². The average Bonchev–Trinajstić information content (AvgIpc) is 2.32. The molecule has 0 aromatic heterocycles. The molecule has 0 heterocycles. The lowest BCUT2D eigenvalue weighted by atomic mass is 9.84. The molecule has 0 bridgehead atoms. The lowest BCUT2D eigenvalue weighted by molar-refractivity contribution is 0.409. The van der Waals surface area contributed by atoms with Gasteiger partial charge >= 0.3 is 0 Å². The van der Waals surface area contributed by atoms with Crippen molar-refractivity contribution in [1.82, 2.24) is 0 Å². The number of allylic oxidation sites excluding steroid dienone is 1. The Balaban J connectivity index is 2.50. The standard InChI is InChI=1S/C14H19NO/c1-10-6-7-13-12(11(10)8-9-15)4-3-5-14(13)16-2/h3-5H,6-9,15H2,1-2H3. The molecule has 0 aliphatic heterocycles. The number of hydrogen-bond donors (Lipinski definition) is 1. The van der Waals surface area contributed by atoms with Crippen LogP contribution in [-0.2, 0) is 6.42 Å². The van der Waals surface area contributed by atoms with Crippen molar-refractivity contribution in [2.24, 2.45) is 5.73 Å². The van der Waals surface area contributed by atoms with Gasteiger partial charge in [-0.1, -0.05) is 17.7 Å². The van der Waals surface area contributed by atoms with E-state index in [1.165, 1.54) is 22.3 Å². The number of ether oxygens (including phenoxy) is 1. The van der Waals surface area contributed by atoms with Crippen LogP contribution >= 0.6 is 0 Å². The van der Waals surface area contributed by atoms with Crippen molar-refractivity contribution < 1.29 is 4.74 Å². The summed E-state index contributed by atoms with van der Waals surface area (Å²) in [4.78, 5) is 0. The molecule has 0 unspecified atom stereocenters. The smallest absolute Gasteiger partial charge is 0.122 e. The van der Waals surface area contributed by atoms with Gasteiger partial charge in [0.25, 0.3) is 0 Å². The minimum atomic E-state index is 0.712. The van der Waals surface area contributed by atoms with Crippen molar-refractivity contribution in [1.29, 1.82) is 0 Å². The third-order valence-corrected chi connectivity index (χ3v) is 3.34. The zero-order chi connectivity index (χ0) is 11.5. The Kier molecular flexibility index (Phi) is 3.30. The molecule has 1 aromatic carbocycles. The lowest BCUT2D eigenvalue weighted by Crippen LogP contribution is -2.09. The van der Waals surface area contributed by atoms with Crippen LogP contribution in [0.25, 0.3) is 5.57 Å². The quantitative estimate of drug-likeness (QED) is 0.845. The Morgan fingerprint density at radius 3 is 2.81 bits per heavy atom. The van der Waals surface area contributed by atoms with Gasteiger partial charge in [-0.2, -0.15) is 0 Å². The molecule has 1 aromatic rings. The summed E-state index contributed by atoms with van der Waals surface area (Å²) in [5.74, 6) is 1.01. The fourth-order valence-electron chi connectivity index (χ4n) is 2.48. The maximum absolute atomic E-state index is 5.68. The largest absolute Gasteiger partial charge is 0.496 e. The Morgan fingerprint density at radius 1 is 1.31 bits per heavy atom. The summed E-state index contributed by atoms with van der Waals surface area (Å²) < 4.78 is 5.42. The van der Waals surface area contributed by atoms with E-state index in [1.54, 1.807) is 7.11 Å². The predicted octanol–water partition coefficient (Wildman–Crippen LogP) is 2.76. The van der Waals surface area contributed by atoms with Crippen LogP contribution in [0, 0.1) is 0 Å². The highest BCUT2D eigenvalue weighted by Crippen LogP contribution is 2.37. The van der Waals surface area contributed by atoms with Crippen LogP contribution in [0.15, 0.2) is 23.8 Å². The van der Waals surface area contributed by atoms with Crippen molar-refractivity contribution in [2.75, 3.05) is 13.7 Å². The van der Waals surface area contributed by atoms with Crippen molar-refractivity contribution in [3.63, 3.8) is 0 Å². The summed E-state index contributed by atoms with van der Waals surface area (Å²) in [6.45, 7) is 2.93. The predicted molar refractivity (Wildman–Crippen MR) is 67.6 cm³/mol. The van der Waals surface area contributed by atoms with Gasteiger partial charge in [-0.05, 0) is 49.9 Å². The molecule has 0 atom stereocenters. The monoisotopic (exact) mass is 217 g/mol. The summed E-state index contributed by atoms with van der Waals surface area (Å²) in [5.41, 5.74) is 11.3. The van der Waals surface area contributed by atoms with E-state index in [0.29, 0.717) is 6.54 Å². The molecule has 2 nitrogen and oxygen atoms in total. The van der Waals surface area contributed by atoms with E-state index in [-0.39, 0.29) is 0 Å². The zero-order valence-electron chi connectivity index (χ0n) is 10.0. The summed E-state index contributed by atoms with van der Waals surface area (Å²) in [6.07, 6.45) is 3.17. The minimum Gasteiger partial charge on any atom is -0.496 e. The fraction of sp³-hybridized carbons (Fsp3) is 0.429. The average molecular weight is 217 g/mol. The SMILES string of the molecule is COc1cccc2c1CCC(C)=C2CCN. The molecule has 2 heteroatoms. The van der Waals surface area contributed by atoms with E-state index in [9.17, 15) is 0 Å². The molecular weight excluding hydrogens is 198 g/mol. The van der Waals surface area contributed by atoms with E-state index in [1.807, 2.05) is 6.07 Å². The summed E-state index contributed by atoms with van der Waals surface area (Å²) in [7, 11) is 1.74. The third-order valence-electron chi connectivity index (χ3n) is 3.34. The molecule has 1 aliphatic carbocycles. The van der Waals surface area contributed by atoms with Crippen molar-refractivity contribution in [2.45, 2.75) is 26.2 Å². The van der Waals surface area contributed by atoms with Crippen molar-refractivity contribution in [3.8, 4) is 5.75 Å². The van der Waals surface area contributed by atoms with Crippen LogP contribution in [0.4, 0.5) is 0 Å². The molecular formula is C14H19NO. The highest BCUT2D eigenvalue weighted by molar-refractivity contribution is 5.74. The van der Waals surface area contributed by atoms with Gasteiger partial charge in [0.2, 0.25) is 0 Å². The second-order valence-corrected chi connectivity index (χ2v) is 4.28. The first-order valence-corrected chi connectivity index (χ1v) is 5.83. The van der Waals surface area contributed by atoms with E-state index in [2.05, 4.69) is 19.1 Å². The summed E-state index contributed by atoms with van der Waals surface area (Å²) in [6, 6.07) is 6.29. The Morgan fingerprint density at radius 2 is 2.12 bits per heavy atom. The summed E-state index contributed by atoms with van der Waals surface area (Å²) in [5, 5.41) is 0. The second kappa shape index (κ2) is 4.71. The minimum absolute atomic E-state index is 0.712. The highest BCUT2D eigenvalue weighted by Gasteiger charge is 2.18. The van der Waals surface area contributed by atoms with E-state index >= 15 is 0 Å². The number of methoxy groups -OCH3 is 1. The number of benzene rings is 1. The van der Waals surface area contributed by atoms with Crippen LogP contribution in [0.1, 0.15) is 30.9 Å². The van der Waals surface area contributed by atoms with E-state index in [0.717, 1.165) is 25.0 Å². The molecule has 0 radical (unpaired) electrons. The number of fused-ring (bicyclic) bond motifs is 1. The first-order valence-electron chi connectivity index (χ1n) is 5.83. The Labute approximate surface area is 97.1 Å². The van der Waals surface area contributed by atoms with Gasteiger partial charge in [0.05, 0.1) is 7.11 Å². The van der Waals surface area contributed by atoms with Crippen LogP contribution < -0.4 is 10.5 Å². The van der Waals surface area contributed by atoms with Crippen LogP contribution in [0.5, 0.6) is 5.75 Å². The first kappa shape index (κ1) is 11.2. The van der Waals surface area contributed by atoms with Gasteiger partial charge in [0, 0.05) is 5.56 Å². The molecule has 0 spiro atoms. The van der Waals surface area contributed by atoms with Gasteiger partial charge in [0.15, 0.2) is 0 Å². The van der Waals surface area contributed by atoms with Crippen LogP contribution in [-0.4, -0.2) is 13.7 Å².